The Bertz CT molecular complexity index is 547. The molecule has 0 saturated carbocycles. The minimum absolute atomic E-state index is 0.0616. The minimum Gasteiger partial charge on any atom is -0.323 e. The number of hydrogen-bond donors (Lipinski definition) is 0. The normalized spacial score (nSPS) is 12.4. The van der Waals surface area contributed by atoms with E-state index in [9.17, 15) is 0 Å². The molecule has 0 saturated heterocycles. The second-order valence-electron chi connectivity index (χ2n) is 5.26. The molecular weight excluding hydrogens is 264 g/mol. The van der Waals surface area contributed by atoms with Gasteiger partial charge in [-0.3, -0.25) is 0 Å². The lowest BCUT2D eigenvalue weighted by atomic mass is 10.1. The zero-order chi connectivity index (χ0) is 12.1. The summed E-state index contributed by atoms with van der Waals surface area (Å²) in [7, 11) is 0. The predicted octanol–water partition coefficient (Wildman–Crippen LogP) is 4.17. The van der Waals surface area contributed by atoms with Gasteiger partial charge in [0.2, 0.25) is 0 Å². The summed E-state index contributed by atoms with van der Waals surface area (Å²) >= 11 is 3.55. The largest absolute Gasteiger partial charge is 0.323 e. The zero-order valence-electron chi connectivity index (χ0n) is 10.4. The monoisotopic (exact) mass is 280 g/mol. The van der Waals surface area contributed by atoms with Crippen LogP contribution in [0.25, 0.3) is 11.0 Å². The first-order chi connectivity index (χ1) is 7.30. The van der Waals surface area contributed by atoms with Crippen LogP contribution in [-0.4, -0.2) is 9.55 Å². The molecule has 0 unspecified atom stereocenters. The van der Waals surface area contributed by atoms with Crippen molar-refractivity contribution in [3.05, 3.63) is 28.0 Å². The molecule has 2 aromatic rings. The van der Waals surface area contributed by atoms with Crippen molar-refractivity contribution < 1.29 is 0 Å². The standard InChI is InChI=1S/C13H17BrN2/c1-8-6-10(14)7-11-12(8)15-9(2)16(11)13(3,4)5/h6-7H,1-5H3. The summed E-state index contributed by atoms with van der Waals surface area (Å²) in [5, 5.41) is 0. The van der Waals surface area contributed by atoms with Crippen LogP contribution in [0, 0.1) is 13.8 Å². The highest BCUT2D eigenvalue weighted by Crippen LogP contribution is 2.29. The Morgan fingerprint density at radius 2 is 1.81 bits per heavy atom. The number of aromatic nitrogens is 2. The maximum Gasteiger partial charge on any atom is 0.107 e. The third-order valence-corrected chi connectivity index (χ3v) is 3.21. The molecule has 0 amide bonds. The van der Waals surface area contributed by atoms with Gasteiger partial charge in [-0.05, 0) is 52.3 Å². The van der Waals surface area contributed by atoms with E-state index in [-0.39, 0.29) is 5.54 Å². The molecule has 0 spiro atoms. The van der Waals surface area contributed by atoms with E-state index in [1.807, 2.05) is 0 Å². The summed E-state index contributed by atoms with van der Waals surface area (Å²) in [6.45, 7) is 10.8. The molecule has 1 aromatic heterocycles. The van der Waals surface area contributed by atoms with Crippen molar-refractivity contribution in [3.8, 4) is 0 Å². The SMILES string of the molecule is Cc1cc(Br)cc2c1nc(C)n2C(C)(C)C. The fourth-order valence-corrected chi connectivity index (χ4v) is 2.83. The lowest BCUT2D eigenvalue weighted by molar-refractivity contribution is 0.399. The summed E-state index contributed by atoms with van der Waals surface area (Å²) in [6, 6.07) is 4.26. The van der Waals surface area contributed by atoms with Crippen LogP contribution in [-0.2, 0) is 5.54 Å². The number of aryl methyl sites for hydroxylation is 2. The third-order valence-electron chi connectivity index (χ3n) is 2.75. The Labute approximate surface area is 105 Å². The van der Waals surface area contributed by atoms with Gasteiger partial charge in [0.15, 0.2) is 0 Å². The van der Waals surface area contributed by atoms with E-state index in [4.69, 9.17) is 0 Å². The number of benzene rings is 1. The van der Waals surface area contributed by atoms with Gasteiger partial charge >= 0.3 is 0 Å². The maximum absolute atomic E-state index is 4.66. The highest BCUT2D eigenvalue weighted by molar-refractivity contribution is 9.10. The smallest absolute Gasteiger partial charge is 0.107 e. The fourth-order valence-electron chi connectivity index (χ4n) is 2.27. The van der Waals surface area contributed by atoms with Crippen LogP contribution in [0.2, 0.25) is 0 Å². The zero-order valence-corrected chi connectivity index (χ0v) is 12.0. The molecule has 86 valence electrons. The number of imidazole rings is 1. The Kier molecular flexibility index (Phi) is 2.61. The van der Waals surface area contributed by atoms with Crippen LogP contribution in [0.15, 0.2) is 16.6 Å². The van der Waals surface area contributed by atoms with Crippen molar-refractivity contribution in [2.75, 3.05) is 0 Å². The Morgan fingerprint density at radius 1 is 1.19 bits per heavy atom. The molecule has 16 heavy (non-hydrogen) atoms. The van der Waals surface area contributed by atoms with Crippen LogP contribution >= 0.6 is 15.9 Å². The van der Waals surface area contributed by atoms with Gasteiger partial charge in [-0.1, -0.05) is 15.9 Å². The average molecular weight is 281 g/mol. The van der Waals surface area contributed by atoms with Crippen molar-refractivity contribution in [1.29, 1.82) is 0 Å². The molecule has 0 bridgehead atoms. The van der Waals surface area contributed by atoms with Crippen molar-refractivity contribution in [2.45, 2.75) is 40.2 Å². The maximum atomic E-state index is 4.66. The van der Waals surface area contributed by atoms with Gasteiger partial charge in [-0.2, -0.15) is 0 Å². The number of rotatable bonds is 0. The van der Waals surface area contributed by atoms with Crippen molar-refractivity contribution in [1.82, 2.24) is 9.55 Å². The highest BCUT2D eigenvalue weighted by Gasteiger charge is 2.20. The second kappa shape index (κ2) is 3.59. The molecule has 0 aliphatic heterocycles. The lowest BCUT2D eigenvalue weighted by Gasteiger charge is -2.23. The Hall–Kier alpha value is -0.830. The number of fused-ring (bicyclic) bond motifs is 1. The lowest BCUT2D eigenvalue weighted by Crippen LogP contribution is -2.22. The van der Waals surface area contributed by atoms with Crippen LogP contribution < -0.4 is 0 Å². The van der Waals surface area contributed by atoms with E-state index in [1.165, 1.54) is 11.1 Å². The van der Waals surface area contributed by atoms with Gasteiger partial charge in [0.1, 0.15) is 5.82 Å². The summed E-state index contributed by atoms with van der Waals surface area (Å²) in [5.74, 6) is 1.07. The highest BCUT2D eigenvalue weighted by atomic mass is 79.9. The number of halogens is 1. The molecule has 2 nitrogen and oxygen atoms in total. The molecule has 0 atom stereocenters. The molecule has 0 N–H and O–H groups in total. The molecule has 0 aliphatic carbocycles. The fraction of sp³-hybridized carbons (Fsp3) is 0.462. The van der Waals surface area contributed by atoms with E-state index in [1.54, 1.807) is 0 Å². The predicted molar refractivity (Wildman–Crippen MR) is 71.9 cm³/mol. The molecule has 1 aromatic carbocycles. The molecular formula is C13H17BrN2. The second-order valence-corrected chi connectivity index (χ2v) is 6.17. The molecule has 1 heterocycles. The van der Waals surface area contributed by atoms with Gasteiger partial charge in [-0.15, -0.1) is 0 Å². The van der Waals surface area contributed by atoms with E-state index >= 15 is 0 Å². The summed E-state index contributed by atoms with van der Waals surface area (Å²) < 4.78 is 3.41. The first-order valence-electron chi connectivity index (χ1n) is 5.46. The Balaban J connectivity index is 2.89. The van der Waals surface area contributed by atoms with Gasteiger partial charge in [0.25, 0.3) is 0 Å². The van der Waals surface area contributed by atoms with Gasteiger partial charge in [0.05, 0.1) is 11.0 Å². The number of nitrogens with zero attached hydrogens (tertiary/aromatic N) is 2. The van der Waals surface area contributed by atoms with Crippen molar-refractivity contribution in [3.63, 3.8) is 0 Å². The van der Waals surface area contributed by atoms with E-state index in [2.05, 4.69) is 72.2 Å². The first kappa shape index (κ1) is 11.6. The van der Waals surface area contributed by atoms with Crippen molar-refractivity contribution >= 4 is 27.0 Å². The van der Waals surface area contributed by atoms with E-state index in [0.717, 1.165) is 15.8 Å². The van der Waals surface area contributed by atoms with Crippen LogP contribution in [0.5, 0.6) is 0 Å². The van der Waals surface area contributed by atoms with Gasteiger partial charge in [0, 0.05) is 10.0 Å². The summed E-state index contributed by atoms with van der Waals surface area (Å²) in [6.07, 6.45) is 0. The Morgan fingerprint density at radius 3 is 2.38 bits per heavy atom. The molecule has 0 radical (unpaired) electrons. The van der Waals surface area contributed by atoms with Gasteiger partial charge < -0.3 is 4.57 Å². The van der Waals surface area contributed by atoms with E-state index in [0.29, 0.717) is 0 Å². The third kappa shape index (κ3) is 1.77. The van der Waals surface area contributed by atoms with Crippen LogP contribution in [0.3, 0.4) is 0 Å². The molecule has 0 aliphatic rings. The van der Waals surface area contributed by atoms with Crippen LogP contribution in [0.1, 0.15) is 32.2 Å². The topological polar surface area (TPSA) is 17.8 Å². The van der Waals surface area contributed by atoms with Crippen LogP contribution in [0.4, 0.5) is 0 Å². The van der Waals surface area contributed by atoms with Gasteiger partial charge in [-0.25, -0.2) is 4.98 Å². The molecule has 0 fully saturated rings. The molecule has 2 rings (SSSR count). The van der Waals surface area contributed by atoms with E-state index < -0.39 is 0 Å². The summed E-state index contributed by atoms with van der Waals surface area (Å²) in [4.78, 5) is 4.66. The van der Waals surface area contributed by atoms with Crippen molar-refractivity contribution in [2.24, 2.45) is 0 Å². The summed E-state index contributed by atoms with van der Waals surface area (Å²) in [5.41, 5.74) is 3.59. The average Bonchev–Trinajstić information content (AvgIpc) is 2.40. The molecule has 3 heteroatoms. The first-order valence-corrected chi connectivity index (χ1v) is 6.25. The minimum atomic E-state index is 0.0616. The number of hydrogen-bond acceptors (Lipinski definition) is 1. The quantitative estimate of drug-likeness (QED) is 0.708.